The van der Waals surface area contributed by atoms with Crippen molar-refractivity contribution in [3.8, 4) is 11.5 Å². The standard InChI is InChI=1S/C30H28ClN3O5S/c1-2-38-29-18-24(16-17-28(29)39-22-23-10-5-3-6-11-23)20-32-33-30(35)21-34(26-13-9-12-25(31)19-26)40(36,37)27-14-7-4-8-15-27/h3-20H,2,21-22H2,1H3,(H,33,35). The van der Waals surface area contributed by atoms with Crippen molar-refractivity contribution < 1.29 is 22.7 Å². The van der Waals surface area contributed by atoms with Crippen molar-refractivity contribution in [3.63, 3.8) is 0 Å². The zero-order valence-corrected chi connectivity index (χ0v) is 23.3. The summed E-state index contributed by atoms with van der Waals surface area (Å²) >= 11 is 6.11. The van der Waals surface area contributed by atoms with Crippen LogP contribution in [-0.2, 0) is 21.4 Å². The molecule has 8 nitrogen and oxygen atoms in total. The van der Waals surface area contributed by atoms with Gasteiger partial charge in [-0.1, -0.05) is 66.2 Å². The Morgan fingerprint density at radius 2 is 1.62 bits per heavy atom. The van der Waals surface area contributed by atoms with E-state index in [2.05, 4.69) is 10.5 Å². The second-order valence-corrected chi connectivity index (χ2v) is 10.8. The largest absolute Gasteiger partial charge is 0.490 e. The van der Waals surface area contributed by atoms with Crippen molar-refractivity contribution in [2.45, 2.75) is 18.4 Å². The van der Waals surface area contributed by atoms with Gasteiger partial charge in [0.2, 0.25) is 0 Å². The third-order valence-electron chi connectivity index (χ3n) is 5.62. The van der Waals surface area contributed by atoms with E-state index in [1.54, 1.807) is 54.6 Å². The lowest BCUT2D eigenvalue weighted by Crippen LogP contribution is -2.39. The highest BCUT2D eigenvalue weighted by Gasteiger charge is 2.27. The molecule has 0 atom stereocenters. The highest BCUT2D eigenvalue weighted by molar-refractivity contribution is 7.92. The number of anilines is 1. The van der Waals surface area contributed by atoms with Crippen LogP contribution in [0.4, 0.5) is 5.69 Å². The third-order valence-corrected chi connectivity index (χ3v) is 7.65. The predicted octanol–water partition coefficient (Wildman–Crippen LogP) is 5.66. The van der Waals surface area contributed by atoms with E-state index in [1.807, 2.05) is 37.3 Å². The molecule has 0 heterocycles. The minimum Gasteiger partial charge on any atom is -0.490 e. The minimum atomic E-state index is -4.05. The third kappa shape index (κ3) is 7.62. The number of benzene rings is 4. The van der Waals surface area contributed by atoms with Crippen LogP contribution in [0.2, 0.25) is 5.02 Å². The fourth-order valence-corrected chi connectivity index (χ4v) is 5.36. The Labute approximate surface area is 238 Å². The van der Waals surface area contributed by atoms with E-state index >= 15 is 0 Å². The molecule has 0 radical (unpaired) electrons. The molecule has 4 aromatic rings. The summed E-state index contributed by atoms with van der Waals surface area (Å²) in [5.41, 5.74) is 4.33. The molecule has 0 saturated heterocycles. The molecule has 4 rings (SSSR count). The van der Waals surface area contributed by atoms with Crippen LogP contribution in [-0.4, -0.2) is 33.7 Å². The van der Waals surface area contributed by atoms with E-state index < -0.39 is 22.5 Å². The van der Waals surface area contributed by atoms with Crippen LogP contribution < -0.4 is 19.2 Å². The molecular formula is C30H28ClN3O5S. The lowest BCUT2D eigenvalue weighted by molar-refractivity contribution is -0.119. The SMILES string of the molecule is CCOc1cc(C=NNC(=O)CN(c2cccc(Cl)c2)S(=O)(=O)c2ccccc2)ccc1OCc1ccccc1. The maximum atomic E-state index is 13.4. The van der Waals surface area contributed by atoms with Crippen LogP contribution in [0, 0.1) is 0 Å². The number of hydrogen-bond donors (Lipinski definition) is 1. The Balaban J connectivity index is 1.46. The molecule has 0 aliphatic rings. The van der Waals surface area contributed by atoms with E-state index in [0.29, 0.717) is 35.3 Å². The number of hydrogen-bond acceptors (Lipinski definition) is 6. The second kappa shape index (κ2) is 13.6. The van der Waals surface area contributed by atoms with Crippen molar-refractivity contribution in [2.75, 3.05) is 17.5 Å². The molecule has 0 saturated carbocycles. The molecule has 206 valence electrons. The van der Waals surface area contributed by atoms with Crippen LogP contribution in [0.5, 0.6) is 11.5 Å². The minimum absolute atomic E-state index is 0.0457. The second-order valence-electron chi connectivity index (χ2n) is 8.51. The maximum Gasteiger partial charge on any atom is 0.264 e. The summed E-state index contributed by atoms with van der Waals surface area (Å²) < 4.78 is 39.4. The van der Waals surface area contributed by atoms with Gasteiger partial charge in [-0.25, -0.2) is 13.8 Å². The molecular weight excluding hydrogens is 550 g/mol. The van der Waals surface area contributed by atoms with Gasteiger partial charge >= 0.3 is 0 Å². The first-order valence-corrected chi connectivity index (χ1v) is 14.3. The van der Waals surface area contributed by atoms with Crippen LogP contribution in [0.25, 0.3) is 0 Å². The normalized spacial score (nSPS) is 11.2. The van der Waals surface area contributed by atoms with Crippen LogP contribution >= 0.6 is 11.6 Å². The fraction of sp³-hybridized carbons (Fsp3) is 0.133. The molecule has 0 aliphatic heterocycles. The molecule has 40 heavy (non-hydrogen) atoms. The van der Waals surface area contributed by atoms with Crippen molar-refractivity contribution in [1.29, 1.82) is 0 Å². The first-order valence-electron chi connectivity index (χ1n) is 12.5. The van der Waals surface area contributed by atoms with E-state index in [-0.39, 0.29) is 10.6 Å². The van der Waals surface area contributed by atoms with Gasteiger partial charge in [0, 0.05) is 5.02 Å². The Morgan fingerprint density at radius 1 is 0.900 bits per heavy atom. The maximum absolute atomic E-state index is 13.4. The summed E-state index contributed by atoms with van der Waals surface area (Å²) in [7, 11) is -4.05. The number of carbonyl (C=O) groups excluding carboxylic acids is 1. The van der Waals surface area contributed by atoms with Gasteiger partial charge in [-0.05, 0) is 66.6 Å². The first kappa shape index (κ1) is 28.7. The molecule has 0 fully saturated rings. The number of nitrogens with one attached hydrogen (secondary N) is 1. The zero-order valence-electron chi connectivity index (χ0n) is 21.7. The molecule has 0 unspecified atom stereocenters. The number of ether oxygens (including phenoxy) is 2. The van der Waals surface area contributed by atoms with Gasteiger partial charge in [-0.2, -0.15) is 5.10 Å². The molecule has 1 N–H and O–H groups in total. The van der Waals surface area contributed by atoms with Crippen LogP contribution in [0.1, 0.15) is 18.1 Å². The number of sulfonamides is 1. The molecule has 0 aliphatic carbocycles. The molecule has 0 bridgehead atoms. The molecule has 1 amide bonds. The number of rotatable bonds is 12. The van der Waals surface area contributed by atoms with Gasteiger partial charge in [-0.15, -0.1) is 0 Å². The number of halogens is 1. The summed E-state index contributed by atoms with van der Waals surface area (Å²) in [6.45, 7) is 2.19. The summed E-state index contributed by atoms with van der Waals surface area (Å²) in [5.74, 6) is 0.480. The average molecular weight is 578 g/mol. The smallest absolute Gasteiger partial charge is 0.264 e. The molecule has 10 heteroatoms. The quantitative estimate of drug-likeness (QED) is 0.173. The Bertz CT molecular complexity index is 1570. The first-order chi connectivity index (χ1) is 19.4. The number of hydrazone groups is 1. The Hall–Kier alpha value is -4.34. The monoisotopic (exact) mass is 577 g/mol. The topological polar surface area (TPSA) is 97.3 Å². The highest BCUT2D eigenvalue weighted by Crippen LogP contribution is 2.29. The van der Waals surface area contributed by atoms with Gasteiger partial charge < -0.3 is 9.47 Å². The summed E-state index contributed by atoms with van der Waals surface area (Å²) in [6.07, 6.45) is 1.44. The van der Waals surface area contributed by atoms with Crippen LogP contribution in [0.15, 0.2) is 113 Å². The molecule has 0 spiro atoms. The van der Waals surface area contributed by atoms with Gasteiger partial charge in [-0.3, -0.25) is 9.10 Å². The van der Waals surface area contributed by atoms with Crippen molar-refractivity contribution in [2.24, 2.45) is 5.10 Å². The van der Waals surface area contributed by atoms with E-state index in [1.165, 1.54) is 24.4 Å². The van der Waals surface area contributed by atoms with Crippen molar-refractivity contribution in [3.05, 3.63) is 119 Å². The predicted molar refractivity (Wildman–Crippen MR) is 157 cm³/mol. The van der Waals surface area contributed by atoms with Crippen molar-refractivity contribution >= 4 is 39.4 Å². The highest BCUT2D eigenvalue weighted by atomic mass is 35.5. The van der Waals surface area contributed by atoms with Crippen LogP contribution in [0.3, 0.4) is 0 Å². The Kier molecular flexibility index (Phi) is 9.77. The van der Waals surface area contributed by atoms with Crippen molar-refractivity contribution in [1.82, 2.24) is 5.43 Å². The summed E-state index contributed by atoms with van der Waals surface area (Å²) in [6, 6.07) is 29.2. The van der Waals surface area contributed by atoms with Gasteiger partial charge in [0.1, 0.15) is 13.2 Å². The van der Waals surface area contributed by atoms with E-state index in [0.717, 1.165) is 9.87 Å². The number of nitrogens with zero attached hydrogens (tertiary/aromatic N) is 2. The fourth-order valence-electron chi connectivity index (χ4n) is 3.74. The van der Waals surface area contributed by atoms with E-state index in [4.69, 9.17) is 21.1 Å². The zero-order chi connectivity index (χ0) is 28.4. The summed E-state index contributed by atoms with van der Waals surface area (Å²) in [4.78, 5) is 12.9. The number of amides is 1. The van der Waals surface area contributed by atoms with E-state index in [9.17, 15) is 13.2 Å². The Morgan fingerprint density at radius 3 is 2.33 bits per heavy atom. The molecule has 0 aromatic heterocycles. The lowest BCUT2D eigenvalue weighted by Gasteiger charge is -2.23. The van der Waals surface area contributed by atoms with Gasteiger partial charge in [0.15, 0.2) is 11.5 Å². The lowest BCUT2D eigenvalue weighted by atomic mass is 10.2. The van der Waals surface area contributed by atoms with Gasteiger partial charge in [0.05, 0.1) is 23.4 Å². The number of carbonyl (C=O) groups is 1. The average Bonchev–Trinajstić information content (AvgIpc) is 2.96. The van der Waals surface area contributed by atoms with Gasteiger partial charge in [0.25, 0.3) is 15.9 Å². The summed E-state index contributed by atoms with van der Waals surface area (Å²) in [5, 5.41) is 4.36. The molecule has 4 aromatic carbocycles.